The van der Waals surface area contributed by atoms with Crippen LogP contribution in [0.5, 0.6) is 11.5 Å². The van der Waals surface area contributed by atoms with Gasteiger partial charge < -0.3 is 9.47 Å². The van der Waals surface area contributed by atoms with Crippen LogP contribution in [0, 0.1) is 6.92 Å². The molecule has 0 spiro atoms. The zero-order chi connectivity index (χ0) is 15.8. The molecule has 0 radical (unpaired) electrons. The lowest BCUT2D eigenvalue weighted by Gasteiger charge is -2.08. The van der Waals surface area contributed by atoms with Gasteiger partial charge in [-0.25, -0.2) is 0 Å². The summed E-state index contributed by atoms with van der Waals surface area (Å²) in [4.78, 5) is 0. The molecule has 116 valence electrons. The molecule has 0 aliphatic rings. The monoisotopic (exact) mass is 296 g/mol. The second-order valence-corrected chi connectivity index (χ2v) is 5.64. The summed E-state index contributed by atoms with van der Waals surface area (Å²) in [5, 5.41) is 0. The smallest absolute Gasteiger partial charge is 0.120 e. The minimum Gasteiger partial charge on any atom is -0.490 e. The van der Waals surface area contributed by atoms with E-state index in [1.807, 2.05) is 42.5 Å². The normalized spacial score (nSPS) is 11.1. The summed E-state index contributed by atoms with van der Waals surface area (Å²) in [6, 6.07) is 16.3. The van der Waals surface area contributed by atoms with E-state index < -0.39 is 0 Å². The minimum absolute atomic E-state index is 0.516. The maximum absolute atomic E-state index is 5.73. The Morgan fingerprint density at radius 1 is 0.864 bits per heavy atom. The summed E-state index contributed by atoms with van der Waals surface area (Å²) < 4.78 is 11.4. The Bertz CT molecular complexity index is 615. The maximum atomic E-state index is 5.73. The number of aryl methyl sites for hydroxylation is 1. The van der Waals surface area contributed by atoms with Crippen LogP contribution < -0.4 is 9.47 Å². The zero-order valence-corrected chi connectivity index (χ0v) is 13.6. The van der Waals surface area contributed by atoms with Crippen molar-refractivity contribution < 1.29 is 9.47 Å². The molecule has 0 N–H and O–H groups in total. The average molecular weight is 296 g/mol. The highest BCUT2D eigenvalue weighted by Gasteiger charge is 2.00. The SMILES string of the molecule is Cc1cccc(OC/C=C/COc2cccc(C(C)C)c2)c1. The lowest BCUT2D eigenvalue weighted by molar-refractivity contribution is 0.350. The van der Waals surface area contributed by atoms with Crippen molar-refractivity contribution in [3.05, 3.63) is 71.8 Å². The number of rotatable bonds is 7. The molecule has 2 aromatic carbocycles. The largest absolute Gasteiger partial charge is 0.490 e. The number of benzene rings is 2. The fraction of sp³-hybridized carbons (Fsp3) is 0.300. The summed E-state index contributed by atoms with van der Waals surface area (Å²) in [6.45, 7) is 7.53. The molecule has 0 aromatic heterocycles. The fourth-order valence-corrected chi connectivity index (χ4v) is 2.09. The predicted molar refractivity (Wildman–Crippen MR) is 91.8 cm³/mol. The van der Waals surface area contributed by atoms with Crippen molar-refractivity contribution in [2.75, 3.05) is 13.2 Å². The van der Waals surface area contributed by atoms with Gasteiger partial charge in [0, 0.05) is 0 Å². The minimum atomic E-state index is 0.516. The van der Waals surface area contributed by atoms with E-state index in [9.17, 15) is 0 Å². The molecule has 2 heteroatoms. The third kappa shape index (κ3) is 5.28. The summed E-state index contributed by atoms with van der Waals surface area (Å²) in [5.41, 5.74) is 2.50. The average Bonchev–Trinajstić information content (AvgIpc) is 2.51. The molecule has 0 saturated heterocycles. The molecular formula is C20H24O2. The van der Waals surface area contributed by atoms with E-state index in [-0.39, 0.29) is 0 Å². The molecular weight excluding hydrogens is 272 g/mol. The summed E-state index contributed by atoms with van der Waals surface area (Å²) in [6.07, 6.45) is 3.96. The van der Waals surface area contributed by atoms with Gasteiger partial charge in [0.2, 0.25) is 0 Å². The Balaban J connectivity index is 1.73. The van der Waals surface area contributed by atoms with E-state index in [0.29, 0.717) is 19.1 Å². The van der Waals surface area contributed by atoms with Crippen molar-refractivity contribution in [3.8, 4) is 11.5 Å². The van der Waals surface area contributed by atoms with Crippen LogP contribution in [0.2, 0.25) is 0 Å². The lowest BCUT2D eigenvalue weighted by Crippen LogP contribution is -1.97. The highest BCUT2D eigenvalue weighted by molar-refractivity contribution is 5.30. The molecule has 0 aliphatic carbocycles. The molecule has 0 unspecified atom stereocenters. The Kier molecular flexibility index (Phi) is 6.08. The third-order valence-electron chi connectivity index (χ3n) is 3.37. The van der Waals surface area contributed by atoms with Gasteiger partial charge in [-0.15, -0.1) is 0 Å². The second-order valence-electron chi connectivity index (χ2n) is 5.64. The van der Waals surface area contributed by atoms with Crippen LogP contribution in [0.1, 0.15) is 30.9 Å². The predicted octanol–water partition coefficient (Wildman–Crippen LogP) is 5.13. The van der Waals surface area contributed by atoms with E-state index in [0.717, 1.165) is 11.5 Å². The molecule has 0 aliphatic heterocycles. The highest BCUT2D eigenvalue weighted by Crippen LogP contribution is 2.20. The van der Waals surface area contributed by atoms with E-state index in [4.69, 9.17) is 9.47 Å². The Morgan fingerprint density at radius 2 is 1.45 bits per heavy atom. The number of ether oxygens (including phenoxy) is 2. The van der Waals surface area contributed by atoms with Gasteiger partial charge in [0.05, 0.1) is 0 Å². The first-order valence-electron chi connectivity index (χ1n) is 7.72. The van der Waals surface area contributed by atoms with Crippen molar-refractivity contribution in [2.45, 2.75) is 26.7 Å². The Morgan fingerprint density at radius 3 is 2.05 bits per heavy atom. The van der Waals surface area contributed by atoms with Crippen LogP contribution >= 0.6 is 0 Å². The molecule has 0 atom stereocenters. The van der Waals surface area contributed by atoms with Crippen molar-refractivity contribution in [1.29, 1.82) is 0 Å². The first kappa shape index (κ1) is 16.2. The van der Waals surface area contributed by atoms with Gasteiger partial charge in [0.1, 0.15) is 24.7 Å². The maximum Gasteiger partial charge on any atom is 0.120 e. The molecule has 0 heterocycles. The summed E-state index contributed by atoms with van der Waals surface area (Å²) in [7, 11) is 0. The first-order valence-corrected chi connectivity index (χ1v) is 7.72. The van der Waals surface area contributed by atoms with Gasteiger partial charge in [-0.2, -0.15) is 0 Å². The third-order valence-corrected chi connectivity index (χ3v) is 3.37. The highest BCUT2D eigenvalue weighted by atomic mass is 16.5. The van der Waals surface area contributed by atoms with Crippen molar-refractivity contribution in [2.24, 2.45) is 0 Å². The standard InChI is InChI=1S/C20H24O2/c1-16(2)18-9-7-11-20(15-18)22-13-5-4-12-21-19-10-6-8-17(3)14-19/h4-11,14-16H,12-13H2,1-3H3/b5-4+. The summed E-state index contributed by atoms with van der Waals surface area (Å²) >= 11 is 0. The van der Waals surface area contributed by atoms with Gasteiger partial charge in [0.25, 0.3) is 0 Å². The van der Waals surface area contributed by atoms with E-state index in [1.54, 1.807) is 0 Å². The van der Waals surface area contributed by atoms with Crippen molar-refractivity contribution in [3.63, 3.8) is 0 Å². The lowest BCUT2D eigenvalue weighted by atomic mass is 10.0. The van der Waals surface area contributed by atoms with Crippen molar-refractivity contribution in [1.82, 2.24) is 0 Å². The summed E-state index contributed by atoms with van der Waals surface area (Å²) in [5.74, 6) is 2.33. The second kappa shape index (κ2) is 8.28. The molecule has 2 rings (SSSR count). The van der Waals surface area contributed by atoms with Gasteiger partial charge in [-0.05, 0) is 60.4 Å². The van der Waals surface area contributed by atoms with Crippen LogP contribution in [-0.4, -0.2) is 13.2 Å². The van der Waals surface area contributed by atoms with E-state index >= 15 is 0 Å². The Hall–Kier alpha value is -2.22. The molecule has 0 bridgehead atoms. The Labute approximate surface area is 133 Å². The molecule has 2 aromatic rings. The number of hydrogen-bond acceptors (Lipinski definition) is 2. The van der Waals surface area contributed by atoms with Crippen LogP contribution in [0.3, 0.4) is 0 Å². The van der Waals surface area contributed by atoms with Gasteiger partial charge in [-0.1, -0.05) is 38.1 Å². The van der Waals surface area contributed by atoms with Gasteiger partial charge in [-0.3, -0.25) is 0 Å². The van der Waals surface area contributed by atoms with Gasteiger partial charge in [0.15, 0.2) is 0 Å². The molecule has 22 heavy (non-hydrogen) atoms. The topological polar surface area (TPSA) is 18.5 Å². The van der Waals surface area contributed by atoms with Crippen molar-refractivity contribution >= 4 is 0 Å². The quantitative estimate of drug-likeness (QED) is 0.659. The van der Waals surface area contributed by atoms with E-state index in [2.05, 4.69) is 39.0 Å². The van der Waals surface area contributed by atoms with Crippen LogP contribution in [0.15, 0.2) is 60.7 Å². The van der Waals surface area contributed by atoms with Crippen LogP contribution in [0.4, 0.5) is 0 Å². The van der Waals surface area contributed by atoms with Gasteiger partial charge >= 0.3 is 0 Å². The number of hydrogen-bond donors (Lipinski definition) is 0. The fourth-order valence-electron chi connectivity index (χ4n) is 2.09. The van der Waals surface area contributed by atoms with E-state index in [1.165, 1.54) is 11.1 Å². The molecule has 0 saturated carbocycles. The first-order chi connectivity index (χ1) is 10.6. The molecule has 0 fully saturated rings. The zero-order valence-electron chi connectivity index (χ0n) is 13.6. The molecule has 0 amide bonds. The van der Waals surface area contributed by atoms with Crippen LogP contribution in [-0.2, 0) is 0 Å². The van der Waals surface area contributed by atoms with Crippen LogP contribution in [0.25, 0.3) is 0 Å². The molecule has 2 nitrogen and oxygen atoms in total.